The highest BCUT2D eigenvalue weighted by Crippen LogP contribution is 2.61. The number of hydrogen-bond donors (Lipinski definition) is 1. The summed E-state index contributed by atoms with van der Waals surface area (Å²) >= 11 is 2.00. The van der Waals surface area contributed by atoms with E-state index in [2.05, 4.69) is 71.3 Å². The first kappa shape index (κ1) is 12.1. The fraction of sp³-hybridized carbons (Fsp3) is 0.538. The van der Waals surface area contributed by atoms with E-state index in [9.17, 15) is 0 Å². The number of rotatable bonds is 1. The van der Waals surface area contributed by atoms with Crippen LogP contribution >= 0.6 is 33.3 Å². The van der Waals surface area contributed by atoms with Gasteiger partial charge in [-0.2, -0.15) is 0 Å². The SMILES string of the molecule is CSC1SS[C@@H]2[C@@H]1c1ccccc1NC2(C)C. The maximum absolute atomic E-state index is 3.71. The van der Waals surface area contributed by atoms with Crippen molar-refractivity contribution in [1.82, 2.24) is 0 Å². The highest BCUT2D eigenvalue weighted by Gasteiger charge is 2.49. The molecule has 0 saturated carbocycles. The van der Waals surface area contributed by atoms with Gasteiger partial charge in [0.15, 0.2) is 0 Å². The lowest BCUT2D eigenvalue weighted by atomic mass is 9.81. The predicted octanol–water partition coefficient (Wildman–Crippen LogP) is 4.43. The third-order valence-electron chi connectivity index (χ3n) is 3.59. The Labute approximate surface area is 115 Å². The Morgan fingerprint density at radius 3 is 2.76 bits per heavy atom. The smallest absolute Gasteiger partial charge is 0.0684 e. The zero-order valence-electron chi connectivity index (χ0n) is 10.3. The summed E-state index contributed by atoms with van der Waals surface area (Å²) in [6.45, 7) is 4.66. The molecule has 2 aliphatic rings. The van der Waals surface area contributed by atoms with E-state index in [1.807, 2.05) is 11.8 Å². The zero-order valence-corrected chi connectivity index (χ0v) is 12.7. The Morgan fingerprint density at radius 2 is 2.00 bits per heavy atom. The molecule has 0 amide bonds. The number of anilines is 1. The normalized spacial score (nSPS) is 33.7. The van der Waals surface area contributed by atoms with Gasteiger partial charge in [-0.05, 0) is 31.7 Å². The van der Waals surface area contributed by atoms with E-state index in [1.165, 1.54) is 11.3 Å². The monoisotopic (exact) mass is 283 g/mol. The van der Waals surface area contributed by atoms with Crippen LogP contribution in [0.15, 0.2) is 24.3 Å². The van der Waals surface area contributed by atoms with Crippen LogP contribution in [0.4, 0.5) is 5.69 Å². The van der Waals surface area contributed by atoms with Crippen LogP contribution in [0.25, 0.3) is 0 Å². The summed E-state index contributed by atoms with van der Waals surface area (Å²) in [5, 5.41) is 4.38. The molecule has 4 heteroatoms. The number of nitrogens with one attached hydrogen (secondary N) is 1. The van der Waals surface area contributed by atoms with E-state index in [0.717, 1.165) is 0 Å². The van der Waals surface area contributed by atoms with Crippen molar-refractivity contribution in [2.75, 3.05) is 11.6 Å². The minimum Gasteiger partial charge on any atom is -0.379 e. The highest BCUT2D eigenvalue weighted by molar-refractivity contribution is 8.79. The van der Waals surface area contributed by atoms with Crippen molar-refractivity contribution < 1.29 is 0 Å². The van der Waals surface area contributed by atoms with E-state index < -0.39 is 0 Å². The number of thioether (sulfide) groups is 1. The van der Waals surface area contributed by atoms with E-state index in [1.54, 1.807) is 0 Å². The largest absolute Gasteiger partial charge is 0.379 e. The van der Waals surface area contributed by atoms with Crippen molar-refractivity contribution in [2.45, 2.75) is 35.1 Å². The molecule has 17 heavy (non-hydrogen) atoms. The Balaban J connectivity index is 2.09. The van der Waals surface area contributed by atoms with Crippen LogP contribution in [0, 0.1) is 0 Å². The van der Waals surface area contributed by atoms with Gasteiger partial charge in [0.25, 0.3) is 0 Å². The van der Waals surface area contributed by atoms with Crippen LogP contribution in [-0.4, -0.2) is 21.6 Å². The van der Waals surface area contributed by atoms with E-state index in [4.69, 9.17) is 0 Å². The summed E-state index contributed by atoms with van der Waals surface area (Å²) in [5.41, 5.74) is 3.02. The predicted molar refractivity (Wildman–Crippen MR) is 83.2 cm³/mol. The fourth-order valence-electron chi connectivity index (χ4n) is 2.76. The number of benzene rings is 1. The standard InChI is InChI=1S/C13H17NS3/c1-13(2)11-10(12(15-3)17-16-11)8-6-4-5-7-9(8)14-13/h4-7,10-12,14H,1-3H3/t10-,11+,12?/m0/s1. The summed E-state index contributed by atoms with van der Waals surface area (Å²) in [6, 6.07) is 8.82. The third-order valence-corrected chi connectivity index (χ3v) is 8.84. The molecule has 1 nitrogen and oxygen atoms in total. The first-order chi connectivity index (χ1) is 8.13. The molecule has 1 fully saturated rings. The third kappa shape index (κ3) is 1.89. The summed E-state index contributed by atoms with van der Waals surface area (Å²) in [4.78, 5) is 0. The molecule has 1 N–H and O–H groups in total. The van der Waals surface area contributed by atoms with Gasteiger partial charge in [-0.1, -0.05) is 39.8 Å². The van der Waals surface area contributed by atoms with E-state index in [-0.39, 0.29) is 5.54 Å². The van der Waals surface area contributed by atoms with Crippen LogP contribution < -0.4 is 5.32 Å². The van der Waals surface area contributed by atoms with Crippen LogP contribution in [0.3, 0.4) is 0 Å². The Kier molecular flexibility index (Phi) is 3.08. The van der Waals surface area contributed by atoms with Crippen molar-refractivity contribution in [3.05, 3.63) is 29.8 Å². The Morgan fingerprint density at radius 1 is 1.24 bits per heavy atom. The first-order valence-corrected chi connectivity index (χ1v) is 9.42. The van der Waals surface area contributed by atoms with Crippen molar-refractivity contribution in [3.8, 4) is 0 Å². The average Bonchev–Trinajstić information content (AvgIpc) is 2.73. The van der Waals surface area contributed by atoms with E-state index >= 15 is 0 Å². The molecule has 0 spiro atoms. The molecule has 2 aliphatic heterocycles. The summed E-state index contributed by atoms with van der Waals surface area (Å²) < 4.78 is 0.688. The van der Waals surface area contributed by atoms with Crippen LogP contribution in [0.5, 0.6) is 0 Å². The fourth-order valence-corrected chi connectivity index (χ4v) is 8.49. The van der Waals surface area contributed by atoms with Crippen LogP contribution in [0.1, 0.15) is 25.3 Å². The van der Waals surface area contributed by atoms with Crippen molar-refractivity contribution in [3.63, 3.8) is 0 Å². The van der Waals surface area contributed by atoms with Crippen molar-refractivity contribution in [2.24, 2.45) is 0 Å². The van der Waals surface area contributed by atoms with Crippen molar-refractivity contribution >= 4 is 39.0 Å². The molecule has 0 bridgehead atoms. The van der Waals surface area contributed by atoms with Gasteiger partial charge in [-0.25, -0.2) is 0 Å². The first-order valence-electron chi connectivity index (χ1n) is 5.85. The molecular formula is C13H17NS3. The molecular weight excluding hydrogens is 266 g/mol. The van der Waals surface area contributed by atoms with Gasteiger partial charge >= 0.3 is 0 Å². The Hall–Kier alpha value is 0.0700. The molecule has 3 rings (SSSR count). The van der Waals surface area contributed by atoms with Gasteiger partial charge in [0.2, 0.25) is 0 Å². The molecule has 1 saturated heterocycles. The Bertz CT molecular complexity index is 432. The van der Waals surface area contributed by atoms with Gasteiger partial charge in [-0.15, -0.1) is 11.8 Å². The lowest BCUT2D eigenvalue weighted by molar-refractivity contribution is 0.473. The van der Waals surface area contributed by atoms with E-state index in [0.29, 0.717) is 15.7 Å². The summed E-state index contributed by atoms with van der Waals surface area (Å²) in [7, 11) is 4.12. The van der Waals surface area contributed by atoms with Crippen LogP contribution in [-0.2, 0) is 0 Å². The highest BCUT2D eigenvalue weighted by atomic mass is 33.1. The lowest BCUT2D eigenvalue weighted by Crippen LogP contribution is -2.48. The minimum absolute atomic E-state index is 0.182. The number of fused-ring (bicyclic) bond motifs is 3. The quantitative estimate of drug-likeness (QED) is 0.765. The van der Waals surface area contributed by atoms with Gasteiger partial charge in [0.1, 0.15) is 0 Å². The molecule has 1 aromatic rings. The molecule has 0 aromatic heterocycles. The maximum Gasteiger partial charge on any atom is 0.0684 e. The van der Waals surface area contributed by atoms with Crippen LogP contribution in [0.2, 0.25) is 0 Å². The van der Waals surface area contributed by atoms with Gasteiger partial charge in [-0.3, -0.25) is 0 Å². The second kappa shape index (κ2) is 4.32. The molecule has 0 radical (unpaired) electrons. The second-order valence-corrected chi connectivity index (χ2v) is 9.01. The van der Waals surface area contributed by atoms with Crippen molar-refractivity contribution in [1.29, 1.82) is 0 Å². The van der Waals surface area contributed by atoms with Gasteiger partial charge in [0.05, 0.1) is 4.58 Å². The summed E-state index contributed by atoms with van der Waals surface area (Å²) in [5.74, 6) is 0.674. The topological polar surface area (TPSA) is 12.0 Å². The second-order valence-electron chi connectivity index (χ2n) is 5.18. The average molecular weight is 283 g/mol. The number of para-hydroxylation sites is 1. The minimum atomic E-state index is 0.182. The molecule has 92 valence electrons. The summed E-state index contributed by atoms with van der Waals surface area (Å²) in [6.07, 6.45) is 2.23. The lowest BCUT2D eigenvalue weighted by Gasteiger charge is -2.43. The van der Waals surface area contributed by atoms with Gasteiger partial charge < -0.3 is 5.32 Å². The zero-order chi connectivity index (χ0) is 12.0. The molecule has 2 heterocycles. The number of hydrogen-bond acceptors (Lipinski definition) is 4. The molecule has 0 aliphatic carbocycles. The molecule has 1 unspecified atom stereocenters. The maximum atomic E-state index is 3.71. The van der Waals surface area contributed by atoms with Gasteiger partial charge in [0, 0.05) is 22.4 Å². The molecule has 3 atom stereocenters. The molecule has 1 aromatic carbocycles.